The summed E-state index contributed by atoms with van der Waals surface area (Å²) in [6.45, 7) is 4.51. The maximum Gasteiger partial charge on any atom is 0.335 e. The Morgan fingerprint density at radius 3 is 2.50 bits per heavy atom. The Balaban J connectivity index is 3.49. The topological polar surface area (TPSA) is 71.4 Å². The number of benzene rings is 1. The van der Waals surface area contributed by atoms with E-state index in [4.69, 9.17) is 16.7 Å². The molecule has 0 saturated carbocycles. The summed E-state index contributed by atoms with van der Waals surface area (Å²) in [6.07, 6.45) is 0. The van der Waals surface area contributed by atoms with Crippen molar-refractivity contribution in [3.05, 3.63) is 40.7 Å². The van der Waals surface area contributed by atoms with Gasteiger partial charge < -0.3 is 5.11 Å². The van der Waals surface area contributed by atoms with Gasteiger partial charge in [-0.1, -0.05) is 18.2 Å². The van der Waals surface area contributed by atoms with Crippen LogP contribution in [0, 0.1) is 12.7 Å². The highest BCUT2D eigenvalue weighted by Gasteiger charge is 2.22. The molecule has 0 amide bonds. The Labute approximate surface area is 109 Å². The van der Waals surface area contributed by atoms with Crippen LogP contribution in [0.1, 0.15) is 15.9 Å². The first-order chi connectivity index (χ1) is 8.15. The van der Waals surface area contributed by atoms with Crippen LogP contribution in [0.3, 0.4) is 0 Å². The summed E-state index contributed by atoms with van der Waals surface area (Å²) in [4.78, 5) is 10.4. The minimum Gasteiger partial charge on any atom is -0.478 e. The van der Waals surface area contributed by atoms with Crippen LogP contribution in [-0.4, -0.2) is 25.2 Å². The van der Waals surface area contributed by atoms with Crippen LogP contribution in [0.5, 0.6) is 0 Å². The third-order valence-electron chi connectivity index (χ3n) is 2.23. The van der Waals surface area contributed by atoms with Gasteiger partial charge >= 0.3 is 5.97 Å². The van der Waals surface area contributed by atoms with E-state index in [0.717, 1.165) is 12.1 Å². The number of halogens is 2. The normalized spacial score (nSPS) is 11.3. The second-order valence-corrected chi connectivity index (χ2v) is 6.16. The van der Waals surface area contributed by atoms with Gasteiger partial charge in [-0.25, -0.2) is 17.6 Å². The Morgan fingerprint density at radius 1 is 1.50 bits per heavy atom. The molecule has 1 rings (SSSR count). The minimum atomic E-state index is -3.90. The monoisotopic (exact) mass is 292 g/mol. The van der Waals surface area contributed by atoms with Crippen LogP contribution in [0.4, 0.5) is 4.39 Å². The summed E-state index contributed by atoms with van der Waals surface area (Å²) in [5.41, 5.74) is -0.574. The summed E-state index contributed by atoms with van der Waals surface area (Å²) < 4.78 is 37.3. The SMILES string of the molecule is C=C(Cl)CS(=O)(=O)c1cc(C(=O)O)cc(F)c1C. The van der Waals surface area contributed by atoms with Crippen molar-refractivity contribution in [3.63, 3.8) is 0 Å². The van der Waals surface area contributed by atoms with Gasteiger partial charge in [0.1, 0.15) is 5.82 Å². The Hall–Kier alpha value is -1.40. The van der Waals surface area contributed by atoms with Gasteiger partial charge in [-0.2, -0.15) is 0 Å². The summed E-state index contributed by atoms with van der Waals surface area (Å²) in [5, 5.41) is 8.64. The quantitative estimate of drug-likeness (QED) is 0.925. The molecule has 98 valence electrons. The standard InChI is InChI=1S/C11H10ClFO4S/c1-6(12)5-18(16,17)10-4-8(11(14)15)3-9(13)7(10)2/h3-4H,1,5H2,2H3,(H,14,15). The molecule has 0 aromatic heterocycles. The minimum absolute atomic E-state index is 0.129. The molecule has 1 aromatic carbocycles. The molecule has 18 heavy (non-hydrogen) atoms. The molecule has 0 fully saturated rings. The van der Waals surface area contributed by atoms with Crippen molar-refractivity contribution in [2.75, 3.05) is 5.75 Å². The Morgan fingerprint density at radius 2 is 2.06 bits per heavy atom. The highest BCUT2D eigenvalue weighted by Crippen LogP contribution is 2.23. The van der Waals surface area contributed by atoms with Gasteiger partial charge in [0.15, 0.2) is 9.84 Å². The lowest BCUT2D eigenvalue weighted by Gasteiger charge is -2.09. The molecule has 4 nitrogen and oxygen atoms in total. The van der Waals surface area contributed by atoms with Crippen molar-refractivity contribution in [2.24, 2.45) is 0 Å². The van der Waals surface area contributed by atoms with Crippen LogP contribution in [0.25, 0.3) is 0 Å². The molecule has 0 heterocycles. The van der Waals surface area contributed by atoms with Crippen molar-refractivity contribution in [2.45, 2.75) is 11.8 Å². The molecule has 0 aliphatic heterocycles. The maximum atomic E-state index is 13.5. The molecule has 0 radical (unpaired) electrons. The molecule has 1 aromatic rings. The highest BCUT2D eigenvalue weighted by molar-refractivity contribution is 7.91. The lowest BCUT2D eigenvalue weighted by Crippen LogP contribution is -2.11. The molecule has 0 aliphatic carbocycles. The molecular weight excluding hydrogens is 283 g/mol. The van der Waals surface area contributed by atoms with Gasteiger partial charge in [0, 0.05) is 10.6 Å². The highest BCUT2D eigenvalue weighted by atomic mass is 35.5. The zero-order valence-corrected chi connectivity index (χ0v) is 11.0. The van der Waals surface area contributed by atoms with E-state index in [0.29, 0.717) is 0 Å². The average molecular weight is 293 g/mol. The maximum absolute atomic E-state index is 13.5. The van der Waals surface area contributed by atoms with Crippen LogP contribution < -0.4 is 0 Å². The van der Waals surface area contributed by atoms with E-state index in [1.54, 1.807) is 0 Å². The van der Waals surface area contributed by atoms with Crippen molar-refractivity contribution in [3.8, 4) is 0 Å². The van der Waals surface area contributed by atoms with E-state index in [9.17, 15) is 17.6 Å². The second-order valence-electron chi connectivity index (χ2n) is 3.66. The van der Waals surface area contributed by atoms with E-state index < -0.39 is 32.9 Å². The van der Waals surface area contributed by atoms with Gasteiger partial charge in [-0.3, -0.25) is 0 Å². The van der Waals surface area contributed by atoms with Gasteiger partial charge in [0.25, 0.3) is 0 Å². The van der Waals surface area contributed by atoms with Crippen molar-refractivity contribution in [1.29, 1.82) is 0 Å². The van der Waals surface area contributed by atoms with Gasteiger partial charge in [0.2, 0.25) is 0 Å². The van der Waals surface area contributed by atoms with Gasteiger partial charge in [0.05, 0.1) is 16.2 Å². The van der Waals surface area contributed by atoms with Crippen molar-refractivity contribution >= 4 is 27.4 Å². The lowest BCUT2D eigenvalue weighted by molar-refractivity contribution is 0.0696. The van der Waals surface area contributed by atoms with Crippen LogP contribution in [-0.2, 0) is 9.84 Å². The summed E-state index contributed by atoms with van der Waals surface area (Å²) in [7, 11) is -3.90. The van der Waals surface area contributed by atoms with E-state index >= 15 is 0 Å². The predicted octanol–water partition coefficient (Wildman–Crippen LogP) is 2.36. The number of carboxylic acids is 1. The average Bonchev–Trinajstić information content (AvgIpc) is 2.19. The van der Waals surface area contributed by atoms with Gasteiger partial charge in [-0.15, -0.1) is 0 Å². The van der Waals surface area contributed by atoms with E-state index in [2.05, 4.69) is 6.58 Å². The molecule has 0 atom stereocenters. The lowest BCUT2D eigenvalue weighted by atomic mass is 10.1. The fraction of sp³-hybridized carbons (Fsp3) is 0.182. The van der Waals surface area contributed by atoms with Gasteiger partial charge in [-0.05, 0) is 19.1 Å². The fourth-order valence-electron chi connectivity index (χ4n) is 1.38. The first kappa shape index (κ1) is 14.7. The second kappa shape index (κ2) is 5.07. The number of rotatable bonds is 4. The van der Waals surface area contributed by atoms with Crippen molar-refractivity contribution in [1.82, 2.24) is 0 Å². The first-order valence-electron chi connectivity index (χ1n) is 4.74. The van der Waals surface area contributed by atoms with Crippen molar-refractivity contribution < 1.29 is 22.7 Å². The zero-order valence-electron chi connectivity index (χ0n) is 9.41. The number of carbonyl (C=O) groups is 1. The zero-order chi connectivity index (χ0) is 14.1. The molecule has 1 N–H and O–H groups in total. The van der Waals surface area contributed by atoms with E-state index in [1.807, 2.05) is 0 Å². The number of carboxylic acid groups (broad SMARTS) is 1. The molecule has 0 aliphatic rings. The first-order valence-corrected chi connectivity index (χ1v) is 6.77. The predicted molar refractivity (Wildman–Crippen MR) is 65.1 cm³/mol. The largest absolute Gasteiger partial charge is 0.478 e. The third kappa shape index (κ3) is 3.08. The van der Waals surface area contributed by atoms with E-state index in [-0.39, 0.29) is 15.5 Å². The van der Waals surface area contributed by atoms with Crippen LogP contribution in [0.2, 0.25) is 0 Å². The third-order valence-corrected chi connectivity index (χ3v) is 4.34. The summed E-state index contributed by atoms with van der Waals surface area (Å²) >= 11 is 5.42. The van der Waals surface area contributed by atoms with E-state index in [1.165, 1.54) is 6.92 Å². The molecular formula is C11H10ClFO4S. The molecule has 7 heteroatoms. The Bertz CT molecular complexity index is 622. The smallest absolute Gasteiger partial charge is 0.335 e. The molecule has 0 bridgehead atoms. The van der Waals surface area contributed by atoms with Crippen LogP contribution in [0.15, 0.2) is 28.6 Å². The number of hydrogen-bond acceptors (Lipinski definition) is 3. The van der Waals surface area contributed by atoms with Crippen LogP contribution >= 0.6 is 11.6 Å². The summed E-state index contributed by atoms with van der Waals surface area (Å²) in [5.74, 6) is -2.87. The number of sulfone groups is 1. The summed E-state index contributed by atoms with van der Waals surface area (Å²) in [6, 6.07) is 1.68. The number of aromatic carboxylic acids is 1. The fourth-order valence-corrected chi connectivity index (χ4v) is 3.25. The molecule has 0 spiro atoms. The Kier molecular flexibility index (Phi) is 4.13. The molecule has 0 unspecified atom stereocenters. The molecule has 0 saturated heterocycles. The number of hydrogen-bond donors (Lipinski definition) is 1.